The Hall–Kier alpha value is -2.26. The minimum atomic E-state index is 0.594. The van der Waals surface area contributed by atoms with Gasteiger partial charge in [-0.3, -0.25) is 0 Å². The molecule has 1 fully saturated rings. The van der Waals surface area contributed by atoms with Gasteiger partial charge in [0.25, 0.3) is 0 Å². The Morgan fingerprint density at radius 2 is 1.48 bits per heavy atom. The molecule has 2 aromatic rings. The van der Waals surface area contributed by atoms with E-state index in [9.17, 15) is 0 Å². The maximum absolute atomic E-state index is 6.03. The molecule has 3 heteroatoms. The quantitative estimate of drug-likeness (QED) is 0.290. The van der Waals surface area contributed by atoms with Gasteiger partial charge in [0.05, 0.1) is 13.2 Å². The molecule has 2 aromatic carbocycles. The molecule has 3 rings (SSSR count). The molecule has 0 spiro atoms. The van der Waals surface area contributed by atoms with E-state index in [2.05, 4.69) is 55.5 Å². The molecule has 29 heavy (non-hydrogen) atoms. The fraction of sp³-hybridized carbons (Fsp3) is 0.462. The van der Waals surface area contributed by atoms with Crippen LogP contribution in [0.25, 0.3) is 16.9 Å². The smallest absolute Gasteiger partial charge is 0.125 e. The molecule has 0 heterocycles. The molecule has 0 saturated heterocycles. The molecule has 0 unspecified atom stereocenters. The summed E-state index contributed by atoms with van der Waals surface area (Å²) >= 11 is 0. The Kier molecular flexibility index (Phi) is 8.63. The highest BCUT2D eigenvalue weighted by molar-refractivity contribution is 5.70. The normalized spacial score (nSPS) is 13.1. The maximum Gasteiger partial charge on any atom is 0.125 e. The summed E-state index contributed by atoms with van der Waals surface area (Å²) in [6.07, 6.45) is 8.46. The molecular weight excluding hydrogens is 360 g/mol. The predicted octanol–water partition coefficient (Wildman–Crippen LogP) is 6.87. The monoisotopic (exact) mass is 394 g/mol. The first kappa shape index (κ1) is 21.4. The molecule has 1 aliphatic rings. The van der Waals surface area contributed by atoms with Crippen LogP contribution in [0.15, 0.2) is 54.1 Å². The van der Waals surface area contributed by atoms with Gasteiger partial charge >= 0.3 is 0 Å². The second-order valence-electron chi connectivity index (χ2n) is 7.64. The molecule has 0 aliphatic heterocycles. The molecule has 3 nitrogen and oxygen atoms in total. The van der Waals surface area contributed by atoms with Gasteiger partial charge in [-0.1, -0.05) is 62.6 Å². The minimum absolute atomic E-state index is 0.594. The largest absolute Gasteiger partial charge is 0.494 e. The van der Waals surface area contributed by atoms with Crippen LogP contribution in [0.1, 0.15) is 57.4 Å². The number of rotatable bonds is 12. The van der Waals surface area contributed by atoms with Gasteiger partial charge in [0, 0.05) is 12.7 Å². The van der Waals surface area contributed by atoms with Gasteiger partial charge in [-0.25, -0.2) is 0 Å². The molecule has 0 amide bonds. The molecule has 0 N–H and O–H groups in total. The van der Waals surface area contributed by atoms with Crippen LogP contribution in [-0.2, 0) is 9.47 Å². The van der Waals surface area contributed by atoms with Crippen LogP contribution in [0.3, 0.4) is 0 Å². The SMILES string of the molecule is CCCCCCOc1ccc(-c2ccc(C(OCCOC)=C3CCC3)cc2)cc1. The highest BCUT2D eigenvalue weighted by atomic mass is 16.5. The van der Waals surface area contributed by atoms with Crippen LogP contribution in [0.4, 0.5) is 0 Å². The number of hydrogen-bond donors (Lipinski definition) is 0. The summed E-state index contributed by atoms with van der Waals surface area (Å²) in [6, 6.07) is 17.1. The number of hydrogen-bond acceptors (Lipinski definition) is 3. The Morgan fingerprint density at radius 3 is 2.07 bits per heavy atom. The first-order valence-electron chi connectivity index (χ1n) is 11.0. The van der Waals surface area contributed by atoms with Crippen LogP contribution in [0.5, 0.6) is 5.75 Å². The zero-order valence-corrected chi connectivity index (χ0v) is 17.9. The van der Waals surface area contributed by atoms with Crippen molar-refractivity contribution in [3.63, 3.8) is 0 Å². The minimum Gasteiger partial charge on any atom is -0.494 e. The van der Waals surface area contributed by atoms with Crippen LogP contribution in [0.2, 0.25) is 0 Å². The third-order valence-electron chi connectivity index (χ3n) is 5.41. The van der Waals surface area contributed by atoms with Gasteiger partial charge in [0.1, 0.15) is 18.1 Å². The van der Waals surface area contributed by atoms with E-state index in [1.54, 1.807) is 7.11 Å². The number of methoxy groups -OCH3 is 1. The lowest BCUT2D eigenvalue weighted by Crippen LogP contribution is -2.08. The highest BCUT2D eigenvalue weighted by Gasteiger charge is 2.17. The second-order valence-corrected chi connectivity index (χ2v) is 7.64. The molecule has 156 valence electrons. The number of allylic oxidation sites excluding steroid dienone is 1. The predicted molar refractivity (Wildman–Crippen MR) is 120 cm³/mol. The van der Waals surface area contributed by atoms with Crippen LogP contribution < -0.4 is 4.74 Å². The van der Waals surface area contributed by atoms with Crippen molar-refractivity contribution in [2.45, 2.75) is 51.9 Å². The zero-order valence-electron chi connectivity index (χ0n) is 17.9. The average Bonchev–Trinajstić information content (AvgIpc) is 2.72. The van der Waals surface area contributed by atoms with Crippen molar-refractivity contribution in [2.24, 2.45) is 0 Å². The van der Waals surface area contributed by atoms with Gasteiger partial charge in [0.15, 0.2) is 0 Å². The van der Waals surface area contributed by atoms with Gasteiger partial charge < -0.3 is 14.2 Å². The Morgan fingerprint density at radius 1 is 0.793 bits per heavy atom. The number of ether oxygens (including phenoxy) is 3. The third-order valence-corrected chi connectivity index (χ3v) is 5.41. The first-order chi connectivity index (χ1) is 14.3. The Balaban J connectivity index is 1.60. The zero-order chi connectivity index (χ0) is 20.3. The van der Waals surface area contributed by atoms with Gasteiger partial charge in [-0.15, -0.1) is 0 Å². The molecule has 0 atom stereocenters. The lowest BCUT2D eigenvalue weighted by atomic mass is 9.89. The summed E-state index contributed by atoms with van der Waals surface area (Å²) < 4.78 is 17.0. The second kappa shape index (κ2) is 11.7. The highest BCUT2D eigenvalue weighted by Crippen LogP contribution is 2.35. The van der Waals surface area contributed by atoms with Crippen molar-refractivity contribution in [3.8, 4) is 16.9 Å². The van der Waals surface area contributed by atoms with Gasteiger partial charge in [-0.05, 0) is 54.5 Å². The topological polar surface area (TPSA) is 27.7 Å². The molecule has 1 saturated carbocycles. The van der Waals surface area contributed by atoms with Crippen molar-refractivity contribution in [2.75, 3.05) is 26.9 Å². The van der Waals surface area contributed by atoms with Gasteiger partial charge in [0.2, 0.25) is 0 Å². The van der Waals surface area contributed by atoms with Crippen molar-refractivity contribution < 1.29 is 14.2 Å². The summed E-state index contributed by atoms with van der Waals surface area (Å²) in [4.78, 5) is 0. The van der Waals surface area contributed by atoms with E-state index in [-0.39, 0.29) is 0 Å². The van der Waals surface area contributed by atoms with E-state index in [0.717, 1.165) is 42.9 Å². The molecular formula is C26H34O3. The van der Waals surface area contributed by atoms with Crippen LogP contribution in [0, 0.1) is 0 Å². The van der Waals surface area contributed by atoms with E-state index in [1.807, 2.05) is 0 Å². The van der Waals surface area contributed by atoms with Crippen molar-refractivity contribution in [3.05, 3.63) is 59.7 Å². The Labute approximate surface area is 175 Å². The van der Waals surface area contributed by atoms with E-state index in [1.165, 1.54) is 42.4 Å². The maximum atomic E-state index is 6.03. The molecule has 0 aromatic heterocycles. The summed E-state index contributed by atoms with van der Waals surface area (Å²) in [5, 5.41) is 0. The third kappa shape index (κ3) is 6.37. The Bertz CT molecular complexity index is 754. The fourth-order valence-electron chi connectivity index (χ4n) is 3.47. The first-order valence-corrected chi connectivity index (χ1v) is 11.0. The van der Waals surface area contributed by atoms with E-state index < -0.39 is 0 Å². The number of benzene rings is 2. The average molecular weight is 395 g/mol. The summed E-state index contributed by atoms with van der Waals surface area (Å²) in [6.45, 7) is 4.24. The van der Waals surface area contributed by atoms with Crippen LogP contribution in [-0.4, -0.2) is 26.9 Å². The lowest BCUT2D eigenvalue weighted by molar-refractivity contribution is 0.132. The summed E-state index contributed by atoms with van der Waals surface area (Å²) in [5.74, 6) is 2.00. The van der Waals surface area contributed by atoms with Crippen molar-refractivity contribution >= 4 is 5.76 Å². The summed E-state index contributed by atoms with van der Waals surface area (Å²) in [7, 11) is 1.71. The fourth-order valence-corrected chi connectivity index (χ4v) is 3.47. The summed E-state index contributed by atoms with van der Waals surface area (Å²) in [5.41, 5.74) is 4.99. The lowest BCUT2D eigenvalue weighted by Gasteiger charge is -2.22. The van der Waals surface area contributed by atoms with Crippen molar-refractivity contribution in [1.29, 1.82) is 0 Å². The van der Waals surface area contributed by atoms with E-state index >= 15 is 0 Å². The molecule has 0 bridgehead atoms. The molecule has 0 radical (unpaired) electrons. The van der Waals surface area contributed by atoms with E-state index in [0.29, 0.717) is 13.2 Å². The number of unbranched alkanes of at least 4 members (excludes halogenated alkanes) is 3. The molecule has 1 aliphatic carbocycles. The van der Waals surface area contributed by atoms with Gasteiger partial charge in [-0.2, -0.15) is 0 Å². The standard InChI is InChI=1S/C26H34O3/c1-3-4-5-6-18-28-25-16-14-22(15-17-25)21-10-12-24(13-11-21)26(23-8-7-9-23)29-20-19-27-2/h10-17H,3-9,18-20H2,1-2H3. The van der Waals surface area contributed by atoms with Crippen molar-refractivity contribution in [1.82, 2.24) is 0 Å². The van der Waals surface area contributed by atoms with E-state index in [4.69, 9.17) is 14.2 Å². The van der Waals surface area contributed by atoms with Crippen LogP contribution >= 0.6 is 0 Å².